The molecule has 130 valence electrons. The summed E-state index contributed by atoms with van der Waals surface area (Å²) in [6, 6.07) is 18.2. The molecule has 0 N–H and O–H groups in total. The van der Waals surface area contributed by atoms with Crippen molar-refractivity contribution in [2.24, 2.45) is 0 Å². The van der Waals surface area contributed by atoms with Gasteiger partial charge in [0, 0.05) is 0 Å². The summed E-state index contributed by atoms with van der Waals surface area (Å²) in [5, 5.41) is 0. The molecule has 0 saturated carbocycles. The molecule has 0 bridgehead atoms. The van der Waals surface area contributed by atoms with Gasteiger partial charge in [-0.15, -0.1) is 0 Å². The van der Waals surface area contributed by atoms with E-state index >= 15 is 0 Å². The van der Waals surface area contributed by atoms with E-state index in [-0.39, 0.29) is 12.6 Å². The Bertz CT molecular complexity index is 692. The second kappa shape index (κ2) is 7.49. The fraction of sp³-hybridized carbons (Fsp3) is 0.300. The van der Waals surface area contributed by atoms with Gasteiger partial charge in [-0.3, -0.25) is 14.5 Å². The molecule has 1 heterocycles. The molecule has 1 unspecified atom stereocenters. The Kier molecular flexibility index (Phi) is 5.14. The van der Waals surface area contributed by atoms with Crippen molar-refractivity contribution in [3.63, 3.8) is 0 Å². The van der Waals surface area contributed by atoms with Crippen LogP contribution in [0, 0.1) is 0 Å². The van der Waals surface area contributed by atoms with Gasteiger partial charge in [0.15, 0.2) is 0 Å². The summed E-state index contributed by atoms with van der Waals surface area (Å²) in [5.74, 6) is -0.815. The summed E-state index contributed by atoms with van der Waals surface area (Å²) >= 11 is 0. The van der Waals surface area contributed by atoms with E-state index in [2.05, 4.69) is 0 Å². The number of carbonyl (C=O) groups is 2. The second-order valence-corrected chi connectivity index (χ2v) is 5.84. The van der Waals surface area contributed by atoms with Crippen LogP contribution < -0.4 is 0 Å². The highest BCUT2D eigenvalue weighted by molar-refractivity contribution is 5.93. The van der Waals surface area contributed by atoms with Gasteiger partial charge in [-0.05, 0) is 18.1 Å². The van der Waals surface area contributed by atoms with Crippen molar-refractivity contribution in [1.82, 2.24) is 4.90 Å². The summed E-state index contributed by atoms with van der Waals surface area (Å²) in [6.07, 6.45) is 0. The Morgan fingerprint density at radius 2 is 1.40 bits per heavy atom. The molecule has 25 heavy (non-hydrogen) atoms. The number of nitrogens with zero attached hydrogens (tertiary/aromatic N) is 1. The fourth-order valence-electron chi connectivity index (χ4n) is 3.23. The molecule has 0 amide bonds. The van der Waals surface area contributed by atoms with Crippen molar-refractivity contribution in [3.05, 3.63) is 71.8 Å². The number of hydrogen-bond donors (Lipinski definition) is 0. The molecule has 1 saturated heterocycles. The predicted octanol–water partition coefficient (Wildman–Crippen LogP) is 2.56. The monoisotopic (exact) mass is 339 g/mol. The van der Waals surface area contributed by atoms with E-state index in [0.717, 1.165) is 11.1 Å². The molecule has 2 aromatic rings. The zero-order valence-electron chi connectivity index (χ0n) is 14.3. The van der Waals surface area contributed by atoms with E-state index in [1.807, 2.05) is 65.6 Å². The molecule has 3 rings (SSSR count). The molecule has 1 fully saturated rings. The zero-order chi connectivity index (χ0) is 17.8. The van der Waals surface area contributed by atoms with Crippen LogP contribution in [-0.2, 0) is 19.1 Å². The van der Waals surface area contributed by atoms with Gasteiger partial charge in [0.1, 0.15) is 12.1 Å². The molecule has 5 nitrogen and oxygen atoms in total. The van der Waals surface area contributed by atoms with Gasteiger partial charge in [-0.2, -0.15) is 0 Å². The molecular formula is C20H21NO4. The Hall–Kier alpha value is -2.66. The average molecular weight is 339 g/mol. The summed E-state index contributed by atoms with van der Waals surface area (Å²) in [6.45, 7) is 2.03. The number of hydrogen-bond acceptors (Lipinski definition) is 5. The van der Waals surface area contributed by atoms with Crippen LogP contribution in [0.25, 0.3) is 0 Å². The van der Waals surface area contributed by atoms with Gasteiger partial charge in [0.2, 0.25) is 0 Å². The second-order valence-electron chi connectivity index (χ2n) is 5.84. The van der Waals surface area contributed by atoms with Crippen LogP contribution in [0.3, 0.4) is 0 Å². The smallest absolute Gasteiger partial charge is 0.325 e. The molecule has 1 aliphatic rings. The molecule has 1 aliphatic heterocycles. The predicted molar refractivity (Wildman–Crippen MR) is 92.8 cm³/mol. The number of esters is 2. The molecule has 5 heteroatoms. The molecule has 2 aromatic carbocycles. The molecule has 0 radical (unpaired) electrons. The van der Waals surface area contributed by atoms with E-state index in [0.29, 0.717) is 0 Å². The fourth-order valence-corrected chi connectivity index (χ4v) is 3.23. The van der Waals surface area contributed by atoms with E-state index in [9.17, 15) is 9.59 Å². The summed E-state index contributed by atoms with van der Waals surface area (Å²) in [7, 11) is 1.33. The van der Waals surface area contributed by atoms with Gasteiger partial charge >= 0.3 is 11.9 Å². The number of benzene rings is 2. The third-order valence-electron chi connectivity index (χ3n) is 4.35. The maximum Gasteiger partial charge on any atom is 0.325 e. The van der Waals surface area contributed by atoms with Crippen molar-refractivity contribution in [3.8, 4) is 0 Å². The van der Waals surface area contributed by atoms with E-state index in [1.54, 1.807) is 6.92 Å². The molecular weight excluding hydrogens is 318 g/mol. The highest BCUT2D eigenvalue weighted by Gasteiger charge is 2.62. The number of carbonyl (C=O) groups excluding carboxylic acids is 2. The largest absolute Gasteiger partial charge is 0.468 e. The van der Waals surface area contributed by atoms with Crippen molar-refractivity contribution in [2.75, 3.05) is 13.7 Å². The maximum atomic E-state index is 12.3. The zero-order valence-corrected chi connectivity index (χ0v) is 14.3. The Labute approximate surface area is 147 Å². The first kappa shape index (κ1) is 17.2. The minimum Gasteiger partial charge on any atom is -0.468 e. The summed E-state index contributed by atoms with van der Waals surface area (Å²) < 4.78 is 10.1. The third kappa shape index (κ3) is 3.42. The lowest BCUT2D eigenvalue weighted by molar-refractivity contribution is -0.145. The van der Waals surface area contributed by atoms with Gasteiger partial charge in [-0.25, -0.2) is 0 Å². The molecule has 0 aliphatic carbocycles. The van der Waals surface area contributed by atoms with Crippen molar-refractivity contribution in [2.45, 2.75) is 25.0 Å². The van der Waals surface area contributed by atoms with E-state index in [4.69, 9.17) is 9.47 Å². The van der Waals surface area contributed by atoms with E-state index < -0.39 is 24.0 Å². The average Bonchev–Trinajstić information content (AvgIpc) is 3.38. The van der Waals surface area contributed by atoms with Crippen LogP contribution in [0.4, 0.5) is 0 Å². The molecule has 3 atom stereocenters. The summed E-state index contributed by atoms with van der Waals surface area (Å²) in [4.78, 5) is 26.4. The minimum absolute atomic E-state index is 0.221. The van der Waals surface area contributed by atoms with Crippen LogP contribution in [0.5, 0.6) is 0 Å². The van der Waals surface area contributed by atoms with Crippen molar-refractivity contribution < 1.29 is 19.1 Å². The van der Waals surface area contributed by atoms with Gasteiger partial charge in [0.25, 0.3) is 0 Å². The Morgan fingerprint density at radius 1 is 0.920 bits per heavy atom. The Morgan fingerprint density at radius 3 is 1.84 bits per heavy atom. The van der Waals surface area contributed by atoms with Gasteiger partial charge in [-0.1, -0.05) is 60.7 Å². The van der Waals surface area contributed by atoms with Crippen LogP contribution in [0.15, 0.2) is 60.7 Å². The first-order chi connectivity index (χ1) is 12.2. The molecule has 0 aromatic heterocycles. The highest BCUT2D eigenvalue weighted by Crippen LogP contribution is 2.43. The normalized spacial score (nSPS) is 21.6. The first-order valence-electron chi connectivity index (χ1n) is 8.30. The third-order valence-corrected chi connectivity index (χ3v) is 4.35. The number of methoxy groups -OCH3 is 1. The minimum atomic E-state index is -0.630. The number of rotatable bonds is 6. The van der Waals surface area contributed by atoms with Crippen LogP contribution in [0.2, 0.25) is 0 Å². The topological polar surface area (TPSA) is 55.6 Å². The van der Waals surface area contributed by atoms with Crippen LogP contribution in [-0.4, -0.2) is 42.6 Å². The number of ether oxygens (including phenoxy) is 2. The van der Waals surface area contributed by atoms with E-state index in [1.165, 1.54) is 7.11 Å². The first-order valence-corrected chi connectivity index (χ1v) is 8.30. The lowest BCUT2D eigenvalue weighted by atomic mass is 9.98. The van der Waals surface area contributed by atoms with Crippen molar-refractivity contribution in [1.29, 1.82) is 0 Å². The SMILES string of the molecule is CCOC(=O)[C@@H]1[C@H](C(=O)OC)N1C(c1ccccc1)c1ccccc1. The van der Waals surface area contributed by atoms with Crippen LogP contribution >= 0.6 is 0 Å². The Balaban J connectivity index is 2.00. The lowest BCUT2D eigenvalue weighted by Crippen LogP contribution is -2.20. The maximum absolute atomic E-state index is 12.3. The van der Waals surface area contributed by atoms with Crippen LogP contribution in [0.1, 0.15) is 24.1 Å². The standard InChI is InChI=1S/C20H21NO4/c1-3-25-20(23)18-17(19(22)24-2)21(18)16(14-10-6-4-7-11-14)15-12-8-5-9-13-15/h4-13,16-18H,3H2,1-2H3/t17-,18+,21?/m1/s1. The quantitative estimate of drug-likeness (QED) is 0.598. The summed E-state index contributed by atoms with van der Waals surface area (Å²) in [5.41, 5.74) is 2.02. The van der Waals surface area contributed by atoms with Crippen molar-refractivity contribution >= 4 is 11.9 Å². The highest BCUT2D eigenvalue weighted by atomic mass is 16.5. The van der Waals surface area contributed by atoms with Gasteiger partial charge in [0.05, 0.1) is 19.8 Å². The lowest BCUT2D eigenvalue weighted by Gasteiger charge is -2.20. The molecule has 0 spiro atoms. The van der Waals surface area contributed by atoms with Gasteiger partial charge < -0.3 is 9.47 Å².